The van der Waals surface area contributed by atoms with Gasteiger partial charge in [0.1, 0.15) is 11.5 Å². The second-order valence-electron chi connectivity index (χ2n) is 2.98. The first-order valence-electron chi connectivity index (χ1n) is 4.63. The lowest BCUT2D eigenvalue weighted by molar-refractivity contribution is -0.142. The number of hydrogen-bond donors (Lipinski definition) is 0. The molecule has 0 aliphatic heterocycles. The zero-order valence-corrected chi connectivity index (χ0v) is 8.54. The highest BCUT2D eigenvalue weighted by atomic mass is 19.3. The van der Waals surface area contributed by atoms with Gasteiger partial charge in [-0.1, -0.05) is 0 Å². The van der Waals surface area contributed by atoms with E-state index in [1.165, 1.54) is 0 Å². The van der Waals surface area contributed by atoms with Crippen LogP contribution in [0, 0.1) is 5.82 Å². The summed E-state index contributed by atoms with van der Waals surface area (Å²) in [5, 5.41) is 0. The van der Waals surface area contributed by atoms with Gasteiger partial charge in [0.15, 0.2) is 0 Å². The Kier molecular flexibility index (Phi) is 4.28. The zero-order valence-electron chi connectivity index (χ0n) is 8.54. The third-order valence-corrected chi connectivity index (χ3v) is 1.72. The summed E-state index contributed by atoms with van der Waals surface area (Å²) < 4.78 is 42.0. The molecule has 0 bridgehead atoms. The van der Waals surface area contributed by atoms with Gasteiger partial charge in [0.05, 0.1) is 18.7 Å². The predicted octanol–water partition coefficient (Wildman–Crippen LogP) is 2.26. The Hall–Kier alpha value is -1.59. The van der Waals surface area contributed by atoms with Crippen molar-refractivity contribution in [2.45, 2.75) is 19.8 Å². The number of carbonyl (C=O) groups is 1. The summed E-state index contributed by atoms with van der Waals surface area (Å²) in [5.41, 5.74) is -0.743. The molecule has 6 heteroatoms. The fraction of sp³-hybridized carbons (Fsp3) is 0.400. The maximum atomic E-state index is 12.9. The molecule has 0 saturated carbocycles. The van der Waals surface area contributed by atoms with Crippen LogP contribution in [-0.2, 0) is 16.0 Å². The van der Waals surface area contributed by atoms with Crippen LogP contribution in [0.5, 0.6) is 0 Å². The average molecular weight is 233 g/mol. The summed E-state index contributed by atoms with van der Waals surface area (Å²) in [6, 6.07) is 1.57. The molecule has 1 rings (SSSR count). The summed E-state index contributed by atoms with van der Waals surface area (Å²) in [5.74, 6) is -1.47. The van der Waals surface area contributed by atoms with Crippen LogP contribution in [0.2, 0.25) is 0 Å². The Labute approximate surface area is 90.2 Å². The van der Waals surface area contributed by atoms with Crippen LogP contribution in [-0.4, -0.2) is 17.6 Å². The molecule has 0 saturated heterocycles. The molecule has 3 nitrogen and oxygen atoms in total. The minimum absolute atomic E-state index is 0.0613. The van der Waals surface area contributed by atoms with Gasteiger partial charge in [-0.15, -0.1) is 0 Å². The molecule has 0 aromatic carbocycles. The number of rotatable bonds is 4. The minimum Gasteiger partial charge on any atom is -0.466 e. The number of carbonyl (C=O) groups excluding carboxylic acids is 1. The lowest BCUT2D eigenvalue weighted by atomic mass is 10.2. The first-order valence-corrected chi connectivity index (χ1v) is 4.63. The molecule has 1 aromatic rings. The number of aromatic nitrogens is 1. The number of esters is 1. The second-order valence-corrected chi connectivity index (χ2v) is 2.98. The van der Waals surface area contributed by atoms with E-state index >= 15 is 0 Å². The van der Waals surface area contributed by atoms with Crippen molar-refractivity contribution in [3.05, 3.63) is 29.3 Å². The number of alkyl halides is 2. The Morgan fingerprint density at radius 3 is 2.75 bits per heavy atom. The molecule has 0 fully saturated rings. The van der Waals surface area contributed by atoms with Crippen molar-refractivity contribution >= 4 is 5.97 Å². The van der Waals surface area contributed by atoms with Crippen LogP contribution in [0.4, 0.5) is 13.2 Å². The van der Waals surface area contributed by atoms with Crippen LogP contribution in [0.25, 0.3) is 0 Å². The Balaban J connectivity index is 2.84. The molecule has 0 aliphatic carbocycles. The number of nitrogens with zero attached hydrogens (tertiary/aromatic N) is 1. The van der Waals surface area contributed by atoms with Crippen molar-refractivity contribution in [1.29, 1.82) is 0 Å². The quantitative estimate of drug-likeness (QED) is 0.749. The molecular formula is C10H10F3NO2. The number of ether oxygens (including phenoxy) is 1. The lowest BCUT2D eigenvalue weighted by Crippen LogP contribution is -2.10. The molecule has 16 heavy (non-hydrogen) atoms. The lowest BCUT2D eigenvalue weighted by Gasteiger charge is -2.04. The molecule has 0 N–H and O–H groups in total. The largest absolute Gasteiger partial charge is 0.466 e. The summed E-state index contributed by atoms with van der Waals surface area (Å²) in [7, 11) is 0. The fourth-order valence-corrected chi connectivity index (χ4v) is 1.13. The molecule has 88 valence electrons. The molecule has 0 aliphatic rings. The fourth-order valence-electron chi connectivity index (χ4n) is 1.13. The van der Waals surface area contributed by atoms with Crippen molar-refractivity contribution < 1.29 is 22.7 Å². The van der Waals surface area contributed by atoms with Crippen LogP contribution in [0.3, 0.4) is 0 Å². The second kappa shape index (κ2) is 5.48. The van der Waals surface area contributed by atoms with Crippen molar-refractivity contribution in [2.24, 2.45) is 0 Å². The van der Waals surface area contributed by atoms with Crippen LogP contribution >= 0.6 is 0 Å². The molecule has 0 spiro atoms. The molecule has 0 unspecified atom stereocenters. The van der Waals surface area contributed by atoms with E-state index in [1.54, 1.807) is 6.92 Å². The first kappa shape index (κ1) is 12.5. The summed E-state index contributed by atoms with van der Waals surface area (Å²) in [4.78, 5) is 14.5. The van der Waals surface area contributed by atoms with E-state index in [4.69, 9.17) is 0 Å². The van der Waals surface area contributed by atoms with Crippen LogP contribution < -0.4 is 0 Å². The molecule has 0 radical (unpaired) electrons. The highest BCUT2D eigenvalue weighted by Gasteiger charge is 2.14. The van der Waals surface area contributed by atoms with Crippen molar-refractivity contribution in [3.8, 4) is 0 Å². The van der Waals surface area contributed by atoms with E-state index in [2.05, 4.69) is 9.72 Å². The average Bonchev–Trinajstić information content (AvgIpc) is 2.16. The third-order valence-electron chi connectivity index (χ3n) is 1.72. The topological polar surface area (TPSA) is 39.2 Å². The van der Waals surface area contributed by atoms with Gasteiger partial charge >= 0.3 is 5.97 Å². The highest BCUT2D eigenvalue weighted by Crippen LogP contribution is 2.18. The monoisotopic (exact) mass is 233 g/mol. The van der Waals surface area contributed by atoms with Crippen molar-refractivity contribution in [3.63, 3.8) is 0 Å². The number of pyridine rings is 1. The summed E-state index contributed by atoms with van der Waals surface area (Å²) in [6.07, 6.45) is -3.18. The van der Waals surface area contributed by atoms with Gasteiger partial charge in [-0.2, -0.15) is 0 Å². The highest BCUT2D eigenvalue weighted by molar-refractivity contribution is 5.71. The van der Waals surface area contributed by atoms with Gasteiger partial charge in [0.25, 0.3) is 6.43 Å². The van der Waals surface area contributed by atoms with E-state index in [1.807, 2.05) is 0 Å². The SMILES string of the molecule is CCOC(=O)Cc1cc(F)cc(C(F)F)n1. The van der Waals surface area contributed by atoms with E-state index in [-0.39, 0.29) is 18.7 Å². The molecule has 0 atom stereocenters. The van der Waals surface area contributed by atoms with E-state index in [0.29, 0.717) is 6.07 Å². The van der Waals surface area contributed by atoms with Gasteiger partial charge in [0.2, 0.25) is 0 Å². The molecular weight excluding hydrogens is 223 g/mol. The van der Waals surface area contributed by atoms with Gasteiger partial charge < -0.3 is 4.74 Å². The smallest absolute Gasteiger partial charge is 0.311 e. The maximum absolute atomic E-state index is 12.9. The van der Waals surface area contributed by atoms with Crippen LogP contribution in [0.1, 0.15) is 24.7 Å². The zero-order chi connectivity index (χ0) is 12.1. The van der Waals surface area contributed by atoms with E-state index in [9.17, 15) is 18.0 Å². The van der Waals surface area contributed by atoms with Gasteiger partial charge in [-0.05, 0) is 13.0 Å². The van der Waals surface area contributed by atoms with Gasteiger partial charge in [0, 0.05) is 6.07 Å². The van der Waals surface area contributed by atoms with Crippen molar-refractivity contribution in [2.75, 3.05) is 6.61 Å². The Morgan fingerprint density at radius 1 is 1.50 bits per heavy atom. The normalized spacial score (nSPS) is 10.6. The van der Waals surface area contributed by atoms with Gasteiger partial charge in [-0.25, -0.2) is 13.2 Å². The van der Waals surface area contributed by atoms with Crippen molar-refractivity contribution in [1.82, 2.24) is 4.98 Å². The number of hydrogen-bond acceptors (Lipinski definition) is 3. The Morgan fingerprint density at radius 2 is 2.19 bits per heavy atom. The minimum atomic E-state index is -2.86. The van der Waals surface area contributed by atoms with Crippen LogP contribution in [0.15, 0.2) is 12.1 Å². The predicted molar refractivity (Wildman–Crippen MR) is 49.5 cm³/mol. The Bertz CT molecular complexity index is 382. The van der Waals surface area contributed by atoms with E-state index in [0.717, 1.165) is 6.07 Å². The van der Waals surface area contributed by atoms with E-state index < -0.39 is 23.9 Å². The third kappa shape index (κ3) is 3.52. The number of halogens is 3. The first-order chi connectivity index (χ1) is 7.52. The standard InChI is InChI=1S/C10H10F3NO2/c1-2-16-9(15)5-7-3-6(11)4-8(14-7)10(12)13/h3-4,10H,2,5H2,1H3. The molecule has 1 aromatic heterocycles. The summed E-state index contributed by atoms with van der Waals surface area (Å²) >= 11 is 0. The molecule has 1 heterocycles. The van der Waals surface area contributed by atoms with Gasteiger partial charge in [-0.3, -0.25) is 9.78 Å². The maximum Gasteiger partial charge on any atom is 0.311 e. The summed E-state index contributed by atoms with van der Waals surface area (Å²) in [6.45, 7) is 1.79. The molecule has 0 amide bonds.